The van der Waals surface area contributed by atoms with Gasteiger partial charge in [-0.25, -0.2) is 0 Å². The van der Waals surface area contributed by atoms with Gasteiger partial charge in [0.05, 0.1) is 0 Å². The summed E-state index contributed by atoms with van der Waals surface area (Å²) in [5, 5.41) is 9.87. The quantitative estimate of drug-likeness (QED) is 0.497. The molecule has 0 aromatic carbocycles. The van der Waals surface area contributed by atoms with E-state index >= 15 is 0 Å². The van der Waals surface area contributed by atoms with E-state index in [4.69, 9.17) is 4.74 Å². The Bertz CT molecular complexity index is 200. The van der Waals surface area contributed by atoms with Crippen molar-refractivity contribution in [2.45, 2.75) is 38.4 Å². The first-order valence-corrected chi connectivity index (χ1v) is 4.09. The Kier molecular flexibility index (Phi) is 2.52. The molecule has 0 fully saturated rings. The van der Waals surface area contributed by atoms with E-state index in [2.05, 4.69) is 0 Å². The second-order valence-electron chi connectivity index (χ2n) is 3.23. The minimum Gasteiger partial charge on any atom is -0.460 e. The number of aliphatic hydroxyl groups is 1. The monoisotopic (exact) mass is 170 g/mol. The fraction of sp³-hybridized carbons (Fsp3) is 0.667. The molecule has 0 spiro atoms. The first-order chi connectivity index (χ1) is 5.54. The lowest BCUT2D eigenvalue weighted by molar-refractivity contribution is -0.159. The van der Waals surface area contributed by atoms with Gasteiger partial charge >= 0.3 is 5.97 Å². The summed E-state index contributed by atoms with van der Waals surface area (Å²) >= 11 is 0. The molecule has 1 aliphatic carbocycles. The first kappa shape index (κ1) is 9.26. The molecule has 0 heterocycles. The Hall–Kier alpha value is -0.830. The van der Waals surface area contributed by atoms with Crippen molar-refractivity contribution in [1.82, 2.24) is 0 Å². The number of hydrogen-bond donors (Lipinski definition) is 1. The van der Waals surface area contributed by atoms with Crippen LogP contribution in [-0.4, -0.2) is 22.8 Å². The van der Waals surface area contributed by atoms with Gasteiger partial charge in [0.15, 0.2) is 0 Å². The van der Waals surface area contributed by atoms with E-state index in [1.165, 1.54) is 6.92 Å². The highest BCUT2D eigenvalue weighted by Gasteiger charge is 2.36. The molecular weight excluding hydrogens is 156 g/mol. The maximum absolute atomic E-state index is 10.6. The average Bonchev–Trinajstić information content (AvgIpc) is 2.36. The third-order valence-electron chi connectivity index (χ3n) is 2.21. The maximum atomic E-state index is 10.6. The van der Waals surface area contributed by atoms with Crippen molar-refractivity contribution in [2.24, 2.45) is 0 Å². The van der Waals surface area contributed by atoms with Crippen molar-refractivity contribution in [3.05, 3.63) is 12.2 Å². The zero-order valence-corrected chi connectivity index (χ0v) is 7.41. The Morgan fingerprint density at radius 1 is 1.58 bits per heavy atom. The Morgan fingerprint density at radius 3 is 2.50 bits per heavy atom. The van der Waals surface area contributed by atoms with Crippen LogP contribution in [0.5, 0.6) is 0 Å². The summed E-state index contributed by atoms with van der Waals surface area (Å²) in [5.74, 6) is -0.345. The zero-order valence-electron chi connectivity index (χ0n) is 7.41. The lowest BCUT2D eigenvalue weighted by Crippen LogP contribution is -2.40. The molecule has 3 nitrogen and oxygen atoms in total. The molecule has 0 aromatic heterocycles. The smallest absolute Gasteiger partial charge is 0.302 e. The van der Waals surface area contributed by atoms with Gasteiger partial charge in [-0.05, 0) is 19.8 Å². The Morgan fingerprint density at radius 2 is 2.08 bits per heavy atom. The van der Waals surface area contributed by atoms with Crippen molar-refractivity contribution in [1.29, 1.82) is 0 Å². The molecule has 0 unspecified atom stereocenters. The second kappa shape index (κ2) is 3.27. The Balaban J connectivity index is 2.51. The molecule has 1 atom stereocenters. The first-order valence-electron chi connectivity index (χ1n) is 4.09. The third kappa shape index (κ3) is 1.85. The molecule has 1 N–H and O–H groups in total. The number of rotatable bonds is 2. The van der Waals surface area contributed by atoms with Gasteiger partial charge in [0.25, 0.3) is 0 Å². The molecule has 12 heavy (non-hydrogen) atoms. The van der Waals surface area contributed by atoms with Crippen molar-refractivity contribution in [3.8, 4) is 0 Å². The summed E-state index contributed by atoms with van der Waals surface area (Å²) in [5.41, 5.74) is -0.869. The van der Waals surface area contributed by atoms with Crippen molar-refractivity contribution >= 4 is 5.97 Å². The minimum absolute atomic E-state index is 0.345. The van der Waals surface area contributed by atoms with E-state index in [9.17, 15) is 9.90 Å². The predicted octanol–water partition coefficient (Wildman–Crippen LogP) is 1.02. The molecule has 0 saturated heterocycles. The van der Waals surface area contributed by atoms with Crippen LogP contribution in [0.25, 0.3) is 0 Å². The molecule has 68 valence electrons. The summed E-state index contributed by atoms with van der Waals surface area (Å²) in [7, 11) is 0. The Labute approximate surface area is 72.0 Å². The van der Waals surface area contributed by atoms with Gasteiger partial charge in [-0.2, -0.15) is 0 Å². The lowest BCUT2D eigenvalue weighted by Gasteiger charge is -2.28. The summed E-state index contributed by atoms with van der Waals surface area (Å²) in [6, 6.07) is 0. The number of hydrogen-bond acceptors (Lipinski definition) is 3. The molecule has 0 amide bonds. The highest BCUT2D eigenvalue weighted by atomic mass is 16.6. The van der Waals surface area contributed by atoms with Gasteiger partial charge in [0.2, 0.25) is 0 Å². The van der Waals surface area contributed by atoms with Crippen LogP contribution < -0.4 is 0 Å². The van der Waals surface area contributed by atoms with E-state index in [0.717, 1.165) is 0 Å². The SMILES string of the molecule is CC(=O)O[C@@H](C)C1(O)CC=CC1. The molecular formula is C9H14O3. The van der Waals surface area contributed by atoms with Crippen molar-refractivity contribution in [2.75, 3.05) is 0 Å². The summed E-state index contributed by atoms with van der Waals surface area (Å²) < 4.78 is 4.91. The molecule has 0 saturated carbocycles. The van der Waals surface area contributed by atoms with E-state index in [1.807, 2.05) is 12.2 Å². The molecule has 3 heteroatoms. The molecule has 0 radical (unpaired) electrons. The minimum atomic E-state index is -0.869. The van der Waals surface area contributed by atoms with Crippen LogP contribution in [0.4, 0.5) is 0 Å². The van der Waals surface area contributed by atoms with Gasteiger partial charge in [-0.1, -0.05) is 12.2 Å². The van der Waals surface area contributed by atoms with Crippen LogP contribution in [0.1, 0.15) is 26.7 Å². The molecule has 0 aliphatic heterocycles. The molecule has 0 bridgehead atoms. The molecule has 1 rings (SSSR count). The lowest BCUT2D eigenvalue weighted by atomic mass is 9.95. The van der Waals surface area contributed by atoms with Crippen LogP contribution in [0, 0.1) is 0 Å². The van der Waals surface area contributed by atoms with Crippen LogP contribution in [0.3, 0.4) is 0 Å². The van der Waals surface area contributed by atoms with Gasteiger partial charge in [-0.3, -0.25) is 4.79 Å². The predicted molar refractivity (Wildman–Crippen MR) is 44.6 cm³/mol. The number of carbonyl (C=O) groups excluding carboxylic acids is 1. The fourth-order valence-electron chi connectivity index (χ4n) is 1.35. The largest absolute Gasteiger partial charge is 0.460 e. The van der Waals surface area contributed by atoms with E-state index in [1.54, 1.807) is 6.92 Å². The number of carbonyl (C=O) groups is 1. The summed E-state index contributed by atoms with van der Waals surface area (Å²) in [6.45, 7) is 3.07. The van der Waals surface area contributed by atoms with Crippen LogP contribution in [0.15, 0.2) is 12.2 Å². The maximum Gasteiger partial charge on any atom is 0.302 e. The third-order valence-corrected chi connectivity index (χ3v) is 2.21. The average molecular weight is 170 g/mol. The number of ether oxygens (including phenoxy) is 1. The van der Waals surface area contributed by atoms with E-state index in [-0.39, 0.29) is 5.97 Å². The summed E-state index contributed by atoms with van der Waals surface area (Å²) in [6.07, 6.45) is 4.52. The molecule has 0 aromatic rings. The summed E-state index contributed by atoms with van der Waals surface area (Å²) in [4.78, 5) is 10.6. The van der Waals surface area contributed by atoms with Crippen LogP contribution >= 0.6 is 0 Å². The second-order valence-corrected chi connectivity index (χ2v) is 3.23. The van der Waals surface area contributed by atoms with Gasteiger partial charge < -0.3 is 9.84 Å². The van der Waals surface area contributed by atoms with Gasteiger partial charge in [0, 0.05) is 6.92 Å². The molecule has 1 aliphatic rings. The van der Waals surface area contributed by atoms with Crippen molar-refractivity contribution in [3.63, 3.8) is 0 Å². The van der Waals surface area contributed by atoms with Crippen LogP contribution in [0.2, 0.25) is 0 Å². The number of esters is 1. The van der Waals surface area contributed by atoms with Gasteiger partial charge in [-0.15, -0.1) is 0 Å². The van der Waals surface area contributed by atoms with E-state index < -0.39 is 11.7 Å². The van der Waals surface area contributed by atoms with E-state index in [0.29, 0.717) is 12.8 Å². The standard InChI is InChI=1S/C9H14O3/c1-7(12-8(2)10)9(11)5-3-4-6-9/h3-4,7,11H,5-6H2,1-2H3/t7-/m0/s1. The zero-order chi connectivity index (χ0) is 9.19. The van der Waals surface area contributed by atoms with Crippen LogP contribution in [-0.2, 0) is 9.53 Å². The topological polar surface area (TPSA) is 46.5 Å². The van der Waals surface area contributed by atoms with Gasteiger partial charge in [0.1, 0.15) is 11.7 Å². The normalized spacial score (nSPS) is 22.2. The van der Waals surface area contributed by atoms with Crippen molar-refractivity contribution < 1.29 is 14.6 Å². The fourth-order valence-corrected chi connectivity index (χ4v) is 1.35. The highest BCUT2D eigenvalue weighted by Crippen LogP contribution is 2.28. The highest BCUT2D eigenvalue weighted by molar-refractivity contribution is 5.66.